The fourth-order valence-corrected chi connectivity index (χ4v) is 2.86. The second kappa shape index (κ2) is 11.1. The number of nitrogens with zero attached hydrogens (tertiary/aromatic N) is 3. The number of amides is 1. The second-order valence-electron chi connectivity index (χ2n) is 6.85. The molecule has 0 saturated carbocycles. The highest BCUT2D eigenvalue weighted by atomic mass is 16.6. The molecule has 0 aliphatic heterocycles. The van der Waals surface area contributed by atoms with E-state index in [0.29, 0.717) is 17.7 Å². The average Bonchev–Trinajstić information content (AvgIpc) is 2.85. The lowest BCUT2D eigenvalue weighted by molar-refractivity contribution is -0.394. The largest absolute Gasteiger partial charge is 0.490 e. The summed E-state index contributed by atoms with van der Waals surface area (Å²) in [6, 6.07) is 15.6. The van der Waals surface area contributed by atoms with Crippen LogP contribution in [0.1, 0.15) is 33.2 Å². The zero-order valence-corrected chi connectivity index (χ0v) is 18.2. The van der Waals surface area contributed by atoms with Crippen LogP contribution in [0.15, 0.2) is 71.8 Å². The van der Waals surface area contributed by atoms with Crippen molar-refractivity contribution >= 4 is 29.5 Å². The van der Waals surface area contributed by atoms with Gasteiger partial charge in [0.05, 0.1) is 39.9 Å². The molecule has 35 heavy (non-hydrogen) atoms. The fraction of sp³-hybridized carbons (Fsp3) is 0.0870. The van der Waals surface area contributed by atoms with E-state index in [1.807, 2.05) is 0 Å². The van der Waals surface area contributed by atoms with Gasteiger partial charge in [-0.05, 0) is 42.8 Å². The minimum atomic E-state index is -0.883. The van der Waals surface area contributed by atoms with Crippen LogP contribution in [0.5, 0.6) is 11.5 Å². The first kappa shape index (κ1) is 24.5. The predicted octanol–water partition coefficient (Wildman–Crippen LogP) is 3.88. The molecule has 1 N–H and O–H groups in total. The molecule has 0 radical (unpaired) electrons. The van der Waals surface area contributed by atoms with Crippen molar-refractivity contribution in [2.75, 3.05) is 6.61 Å². The molecule has 0 aliphatic carbocycles. The van der Waals surface area contributed by atoms with Crippen molar-refractivity contribution in [2.45, 2.75) is 6.92 Å². The maximum atomic E-state index is 12.3. The van der Waals surface area contributed by atoms with Gasteiger partial charge >= 0.3 is 5.97 Å². The van der Waals surface area contributed by atoms with Gasteiger partial charge in [0, 0.05) is 12.1 Å². The molecule has 12 nitrogen and oxygen atoms in total. The lowest BCUT2D eigenvalue weighted by Crippen LogP contribution is -2.18. The molecule has 0 fully saturated rings. The van der Waals surface area contributed by atoms with Gasteiger partial charge in [0.2, 0.25) is 0 Å². The highest BCUT2D eigenvalue weighted by Crippen LogP contribution is 2.29. The van der Waals surface area contributed by atoms with E-state index in [0.717, 1.165) is 18.2 Å². The van der Waals surface area contributed by atoms with E-state index < -0.39 is 33.1 Å². The van der Waals surface area contributed by atoms with Crippen LogP contribution >= 0.6 is 0 Å². The third-order valence-electron chi connectivity index (χ3n) is 4.45. The number of carbonyl (C=O) groups is 2. The lowest BCUT2D eigenvalue weighted by Gasteiger charge is -2.11. The van der Waals surface area contributed by atoms with E-state index in [9.17, 15) is 29.8 Å². The van der Waals surface area contributed by atoms with Gasteiger partial charge in [0.15, 0.2) is 11.5 Å². The molecule has 0 spiro atoms. The molecular formula is C23H18N4O8. The molecule has 0 heterocycles. The van der Waals surface area contributed by atoms with Crippen molar-refractivity contribution in [3.05, 3.63) is 104 Å². The Kier molecular flexibility index (Phi) is 7.80. The molecule has 12 heteroatoms. The van der Waals surface area contributed by atoms with E-state index >= 15 is 0 Å². The van der Waals surface area contributed by atoms with Gasteiger partial charge in [-0.25, -0.2) is 10.2 Å². The minimum absolute atomic E-state index is 0.186. The molecular weight excluding hydrogens is 460 g/mol. The second-order valence-corrected chi connectivity index (χ2v) is 6.85. The normalized spacial score (nSPS) is 10.5. The maximum Gasteiger partial charge on any atom is 0.343 e. The van der Waals surface area contributed by atoms with Crippen molar-refractivity contribution in [1.82, 2.24) is 5.43 Å². The fourth-order valence-electron chi connectivity index (χ4n) is 2.86. The first-order valence-corrected chi connectivity index (χ1v) is 10.1. The van der Waals surface area contributed by atoms with Crippen molar-refractivity contribution < 1.29 is 28.9 Å². The van der Waals surface area contributed by atoms with Crippen LogP contribution in [0.4, 0.5) is 11.4 Å². The maximum absolute atomic E-state index is 12.3. The number of rotatable bonds is 9. The van der Waals surface area contributed by atoms with Crippen LogP contribution in [0.25, 0.3) is 0 Å². The standard InChI is InChI=1S/C23H18N4O8/c1-2-34-21-10-15(8-9-20(21)35-23(29)16-6-4-3-5-7-16)14-24-25-22(28)17-11-18(26(30)31)13-19(12-17)27(32)33/h3-14H,2H2,1H3,(H,25,28)/b24-14+. The van der Waals surface area contributed by atoms with Crippen LogP contribution in [-0.4, -0.2) is 34.5 Å². The smallest absolute Gasteiger partial charge is 0.343 e. The van der Waals surface area contributed by atoms with Crippen molar-refractivity contribution in [3.63, 3.8) is 0 Å². The lowest BCUT2D eigenvalue weighted by atomic mass is 10.1. The zero-order valence-electron chi connectivity index (χ0n) is 18.2. The number of nitrogens with one attached hydrogen (secondary N) is 1. The number of esters is 1. The summed E-state index contributed by atoms with van der Waals surface area (Å²) in [5, 5.41) is 25.8. The topological polar surface area (TPSA) is 163 Å². The van der Waals surface area contributed by atoms with E-state index in [2.05, 4.69) is 10.5 Å². The Morgan fingerprint density at radius 1 is 0.914 bits per heavy atom. The number of hydrazone groups is 1. The molecule has 0 aromatic heterocycles. The number of nitro benzene ring substituents is 2. The Balaban J connectivity index is 1.75. The Bertz CT molecular complexity index is 1280. The summed E-state index contributed by atoms with van der Waals surface area (Å²) in [5.41, 5.74) is 1.49. The first-order valence-electron chi connectivity index (χ1n) is 10.1. The van der Waals surface area contributed by atoms with Crippen molar-refractivity contribution in [2.24, 2.45) is 5.10 Å². The molecule has 0 bridgehead atoms. The van der Waals surface area contributed by atoms with Gasteiger partial charge in [-0.15, -0.1) is 0 Å². The summed E-state index contributed by atoms with van der Waals surface area (Å²) in [6.07, 6.45) is 1.26. The Morgan fingerprint density at radius 3 is 2.17 bits per heavy atom. The molecule has 3 rings (SSSR count). The monoisotopic (exact) mass is 478 g/mol. The molecule has 178 valence electrons. The number of ether oxygens (including phenoxy) is 2. The minimum Gasteiger partial charge on any atom is -0.490 e. The van der Waals surface area contributed by atoms with Crippen molar-refractivity contribution in [3.8, 4) is 11.5 Å². The SMILES string of the molecule is CCOc1cc(/C=N/NC(=O)c2cc([N+](=O)[O-])cc([N+](=O)[O-])c2)ccc1OC(=O)c1ccccc1. The number of benzene rings is 3. The molecule has 0 saturated heterocycles. The van der Waals surface area contributed by atoms with Gasteiger partial charge in [0.1, 0.15) is 0 Å². The van der Waals surface area contributed by atoms with Gasteiger partial charge in [-0.3, -0.25) is 25.0 Å². The third kappa shape index (κ3) is 6.44. The molecule has 0 unspecified atom stereocenters. The van der Waals surface area contributed by atoms with Gasteiger partial charge in [-0.1, -0.05) is 18.2 Å². The number of carbonyl (C=O) groups excluding carboxylic acids is 2. The summed E-state index contributed by atoms with van der Waals surface area (Å²) < 4.78 is 10.9. The molecule has 1 amide bonds. The van der Waals surface area contributed by atoms with E-state index in [1.165, 1.54) is 18.3 Å². The summed E-state index contributed by atoms with van der Waals surface area (Å²) in [7, 11) is 0. The van der Waals surface area contributed by atoms with E-state index in [-0.39, 0.29) is 17.1 Å². The Labute approximate surface area is 198 Å². The molecule has 3 aromatic rings. The van der Waals surface area contributed by atoms with Gasteiger partial charge < -0.3 is 9.47 Å². The van der Waals surface area contributed by atoms with Crippen molar-refractivity contribution in [1.29, 1.82) is 0 Å². The number of non-ortho nitro benzene ring substituents is 2. The van der Waals surface area contributed by atoms with Crippen LogP contribution in [0.3, 0.4) is 0 Å². The highest BCUT2D eigenvalue weighted by Gasteiger charge is 2.19. The highest BCUT2D eigenvalue weighted by molar-refractivity contribution is 5.96. The summed E-state index contributed by atoms with van der Waals surface area (Å²) in [6.45, 7) is 2.04. The Morgan fingerprint density at radius 2 is 1.57 bits per heavy atom. The van der Waals surface area contributed by atoms with Gasteiger partial charge in [0.25, 0.3) is 17.3 Å². The quantitative estimate of drug-likeness (QED) is 0.159. The van der Waals surface area contributed by atoms with E-state index in [4.69, 9.17) is 9.47 Å². The zero-order chi connectivity index (χ0) is 25.4. The molecule has 0 atom stereocenters. The average molecular weight is 478 g/mol. The van der Waals surface area contributed by atoms with Crippen LogP contribution in [0, 0.1) is 20.2 Å². The van der Waals surface area contributed by atoms with Crippen LogP contribution < -0.4 is 14.9 Å². The van der Waals surface area contributed by atoms with E-state index in [1.54, 1.807) is 43.3 Å². The molecule has 0 aliphatic rings. The summed E-state index contributed by atoms with van der Waals surface area (Å²) in [5.74, 6) is -0.995. The molecule has 3 aromatic carbocycles. The van der Waals surface area contributed by atoms with Crippen LogP contribution in [-0.2, 0) is 0 Å². The predicted molar refractivity (Wildman–Crippen MR) is 124 cm³/mol. The Hall–Kier alpha value is -5.13. The van der Waals surface area contributed by atoms with Gasteiger partial charge in [-0.2, -0.15) is 5.10 Å². The third-order valence-corrected chi connectivity index (χ3v) is 4.45. The summed E-state index contributed by atoms with van der Waals surface area (Å²) >= 11 is 0. The summed E-state index contributed by atoms with van der Waals surface area (Å²) in [4.78, 5) is 44.9. The number of hydrogen-bond donors (Lipinski definition) is 1. The first-order chi connectivity index (χ1) is 16.8. The van der Waals surface area contributed by atoms with Crippen LogP contribution in [0.2, 0.25) is 0 Å². The number of hydrogen-bond acceptors (Lipinski definition) is 9. The number of nitro groups is 2.